The molecule has 19 heteroatoms. The third-order valence-electron chi connectivity index (χ3n) is 4.03. The van der Waals surface area contributed by atoms with Gasteiger partial charge in [0.05, 0.1) is 13.0 Å². The van der Waals surface area contributed by atoms with Gasteiger partial charge in [-0.2, -0.15) is 30.7 Å². The Bertz CT molecular complexity index is 841. The van der Waals surface area contributed by atoms with E-state index >= 15 is 0 Å². The van der Waals surface area contributed by atoms with Crippen molar-refractivity contribution in [2.75, 3.05) is 6.61 Å². The molecule has 0 aromatic rings. The second-order valence-corrected chi connectivity index (χ2v) is 28.8. The number of carbonyl (C=O) groups excluding carboxylic acids is 2. The van der Waals surface area contributed by atoms with Gasteiger partial charge in [0, 0.05) is 18.2 Å². The third-order valence-corrected chi connectivity index (χ3v) is 16.1. The Kier molecular flexibility index (Phi) is 13.5. The van der Waals surface area contributed by atoms with Gasteiger partial charge in [0.1, 0.15) is 0 Å². The first kappa shape index (κ1) is 38.9. The van der Waals surface area contributed by atoms with E-state index in [9.17, 15) is 44.7 Å². The van der Waals surface area contributed by atoms with E-state index in [2.05, 4.69) is 4.74 Å². The number of halogens is 8. The summed E-state index contributed by atoms with van der Waals surface area (Å²) in [7, 11) is -9.71. The van der Waals surface area contributed by atoms with Crippen LogP contribution >= 0.6 is 0 Å². The minimum atomic E-state index is -5.99. The average molecular weight is 667 g/mol. The molecule has 1 atom stereocenters. The van der Waals surface area contributed by atoms with Crippen LogP contribution in [0.25, 0.3) is 0 Å². The van der Waals surface area contributed by atoms with Crippen molar-refractivity contribution in [2.24, 2.45) is 0 Å². The van der Waals surface area contributed by atoms with Crippen molar-refractivity contribution in [3.63, 3.8) is 0 Å². The van der Waals surface area contributed by atoms with Crippen LogP contribution in [-0.2, 0) is 31.4 Å². The predicted molar refractivity (Wildman–Crippen MR) is 140 cm³/mol. The number of esters is 2. The van der Waals surface area contributed by atoms with Crippen molar-refractivity contribution >= 4 is 45.7 Å². The fourth-order valence-electron chi connectivity index (χ4n) is 3.00. The summed E-state index contributed by atoms with van der Waals surface area (Å²) in [5.41, 5.74) is 0. The van der Waals surface area contributed by atoms with Gasteiger partial charge in [0.15, 0.2) is 31.1 Å². The van der Waals surface area contributed by atoms with E-state index in [0.29, 0.717) is 6.08 Å². The van der Waals surface area contributed by atoms with Gasteiger partial charge in [-0.05, 0) is 65.3 Å². The second kappa shape index (κ2) is 13.9. The van der Waals surface area contributed by atoms with Gasteiger partial charge >= 0.3 is 39.0 Å². The van der Waals surface area contributed by atoms with Crippen LogP contribution < -0.4 is 0 Å². The minimum Gasteiger partial charge on any atom is -0.463 e. The zero-order chi connectivity index (χ0) is 32.0. The number of alkyl halides is 8. The van der Waals surface area contributed by atoms with Crippen molar-refractivity contribution in [1.82, 2.24) is 0 Å². The summed E-state index contributed by atoms with van der Waals surface area (Å²) in [4.78, 5) is 23.4. The lowest BCUT2D eigenvalue weighted by molar-refractivity contribution is -0.349. The highest BCUT2D eigenvalue weighted by Crippen LogP contribution is 2.43. The van der Waals surface area contributed by atoms with Gasteiger partial charge in [-0.25, -0.2) is 14.0 Å². The smallest absolute Gasteiger partial charge is 0.463 e. The zero-order valence-electron chi connectivity index (χ0n) is 23.9. The maximum Gasteiger partial charge on any atom is 0.469 e. The van der Waals surface area contributed by atoms with Gasteiger partial charge in [0.25, 0.3) is 0 Å². The van der Waals surface area contributed by atoms with Gasteiger partial charge < -0.3 is 21.8 Å². The lowest BCUT2D eigenvalue weighted by Crippen LogP contribution is -2.60. The van der Waals surface area contributed by atoms with E-state index in [1.165, 1.54) is 0 Å². The molecule has 0 rings (SSSR count). The van der Waals surface area contributed by atoms with Crippen LogP contribution in [0.15, 0.2) is 12.2 Å². The molecule has 236 valence electrons. The highest BCUT2D eigenvalue weighted by Gasteiger charge is 2.67. The Labute approximate surface area is 233 Å². The summed E-state index contributed by atoms with van der Waals surface area (Å²) < 4.78 is 131. The molecular formula is C21H38F8O7Si4. The Morgan fingerprint density at radius 2 is 1.12 bits per heavy atom. The van der Waals surface area contributed by atoms with Crippen LogP contribution in [0, 0.1) is 0 Å². The number of carbonyl (C=O) groups is 2. The van der Waals surface area contributed by atoms with E-state index in [0.717, 1.165) is 0 Å². The lowest BCUT2D eigenvalue weighted by Gasteiger charge is -2.42. The molecule has 40 heavy (non-hydrogen) atoms. The van der Waals surface area contributed by atoms with Crippen molar-refractivity contribution in [3.05, 3.63) is 12.2 Å². The molecule has 0 aromatic heterocycles. The molecule has 0 heterocycles. The molecule has 0 fully saturated rings. The highest BCUT2D eigenvalue weighted by atomic mass is 28.5. The summed E-state index contributed by atoms with van der Waals surface area (Å²) in [6.07, 6.45) is -18.2. The first-order valence-corrected chi connectivity index (χ1v) is 24.3. The first-order chi connectivity index (χ1) is 17.5. The van der Waals surface area contributed by atoms with E-state index in [1.807, 2.05) is 58.9 Å². The Balaban J connectivity index is 5.26. The average Bonchev–Trinajstić information content (AvgIpc) is 2.63. The van der Waals surface area contributed by atoms with Crippen LogP contribution in [0.1, 0.15) is 12.8 Å². The van der Waals surface area contributed by atoms with E-state index in [4.69, 9.17) is 17.1 Å². The normalized spacial score (nSPS) is 15.3. The SMILES string of the molecule is C[Si](C)(C)O[Si](CCCOC(=O)C=CC(=O)OC(F)(F)C(F)(F)C(F)CC(F)(F)F)(O[Si](C)(C)C)O[Si](C)(C)C. The Morgan fingerprint density at radius 1 is 0.725 bits per heavy atom. The summed E-state index contributed by atoms with van der Waals surface area (Å²) in [5.74, 6) is -9.46. The summed E-state index contributed by atoms with van der Waals surface area (Å²) in [6.45, 7) is 17.5. The molecular weight excluding hydrogens is 629 g/mol. The maximum absolute atomic E-state index is 13.5. The van der Waals surface area contributed by atoms with Crippen LogP contribution in [0.3, 0.4) is 0 Å². The van der Waals surface area contributed by atoms with Crippen LogP contribution in [0.2, 0.25) is 65.0 Å². The first-order valence-electron chi connectivity index (χ1n) is 12.1. The molecule has 7 nitrogen and oxygen atoms in total. The fourth-order valence-corrected chi connectivity index (χ4v) is 17.6. The Morgan fingerprint density at radius 3 is 1.50 bits per heavy atom. The molecule has 0 radical (unpaired) electrons. The third kappa shape index (κ3) is 15.8. The largest absolute Gasteiger partial charge is 0.469 e. The van der Waals surface area contributed by atoms with Crippen LogP contribution in [0.5, 0.6) is 0 Å². The van der Waals surface area contributed by atoms with Gasteiger partial charge in [-0.1, -0.05) is 0 Å². The highest BCUT2D eigenvalue weighted by molar-refractivity contribution is 6.90. The van der Waals surface area contributed by atoms with Gasteiger partial charge in [-0.3, -0.25) is 0 Å². The molecule has 0 N–H and O–H groups in total. The van der Waals surface area contributed by atoms with E-state index < -0.39 is 76.5 Å². The lowest BCUT2D eigenvalue weighted by atomic mass is 10.1. The van der Waals surface area contributed by atoms with Crippen molar-refractivity contribution in [3.8, 4) is 0 Å². The maximum atomic E-state index is 13.5. The van der Waals surface area contributed by atoms with E-state index in [1.54, 1.807) is 0 Å². The minimum absolute atomic E-state index is 0.000687. The fraction of sp³-hybridized carbons (Fsp3) is 0.810. The quantitative estimate of drug-likeness (QED) is 0.0576. The topological polar surface area (TPSA) is 80.3 Å². The van der Waals surface area contributed by atoms with Crippen LogP contribution in [0.4, 0.5) is 35.1 Å². The molecule has 0 spiro atoms. The molecule has 0 saturated carbocycles. The van der Waals surface area contributed by atoms with E-state index in [-0.39, 0.29) is 25.1 Å². The molecule has 0 bridgehead atoms. The molecule has 0 saturated heterocycles. The number of hydrogen-bond donors (Lipinski definition) is 0. The molecule has 0 amide bonds. The predicted octanol–water partition coefficient (Wildman–Crippen LogP) is 7.03. The summed E-state index contributed by atoms with van der Waals surface area (Å²) >= 11 is 0. The number of hydrogen-bond acceptors (Lipinski definition) is 7. The summed E-state index contributed by atoms with van der Waals surface area (Å²) in [5, 5.41) is 0. The van der Waals surface area contributed by atoms with Crippen LogP contribution in [-0.4, -0.2) is 76.7 Å². The molecule has 0 aromatic carbocycles. The molecule has 1 unspecified atom stereocenters. The molecule has 0 aliphatic carbocycles. The van der Waals surface area contributed by atoms with Crippen molar-refractivity contribution in [1.29, 1.82) is 0 Å². The number of ether oxygens (including phenoxy) is 2. The standard InChI is InChI=1S/C21H38F8O7Si4/c1-37(2,3)34-40(35-38(4,5)6,36-39(7,8)9)14-10-13-32-17(30)11-12-18(31)33-21(28,29)20(26,27)16(22)15-19(23,24)25/h11-12,16H,10,13-15H2,1-9H3. The summed E-state index contributed by atoms with van der Waals surface area (Å²) in [6, 6.07) is 0.286. The monoisotopic (exact) mass is 666 g/mol. The van der Waals surface area contributed by atoms with Gasteiger partial charge in [0.2, 0.25) is 0 Å². The zero-order valence-corrected chi connectivity index (χ0v) is 27.9. The van der Waals surface area contributed by atoms with Gasteiger partial charge in [-0.15, -0.1) is 0 Å². The number of rotatable bonds is 16. The Hall–Kier alpha value is -1.13. The molecule has 0 aliphatic rings. The van der Waals surface area contributed by atoms with Crippen molar-refractivity contribution in [2.45, 2.75) is 102 Å². The molecule has 0 aliphatic heterocycles. The van der Waals surface area contributed by atoms with Crippen molar-refractivity contribution < 1.29 is 66.5 Å². The second-order valence-electron chi connectivity index (χ2n) is 11.8.